The minimum Gasteiger partial charge on any atom is -0.337 e. The Morgan fingerprint density at radius 2 is 1.82 bits per heavy atom. The molecule has 118 valence electrons. The fraction of sp³-hybridized carbons (Fsp3) is 0.444. The third-order valence-electron chi connectivity index (χ3n) is 3.87. The van der Waals surface area contributed by atoms with E-state index in [4.69, 9.17) is 0 Å². The van der Waals surface area contributed by atoms with Gasteiger partial charge in [0.15, 0.2) is 0 Å². The highest BCUT2D eigenvalue weighted by molar-refractivity contribution is 5.94. The van der Waals surface area contributed by atoms with Crippen LogP contribution in [0, 0.1) is 6.92 Å². The van der Waals surface area contributed by atoms with E-state index in [1.165, 1.54) is 5.56 Å². The summed E-state index contributed by atoms with van der Waals surface area (Å²) in [5, 5.41) is 4.31. The molecule has 1 heterocycles. The van der Waals surface area contributed by atoms with Crippen molar-refractivity contribution in [2.45, 2.75) is 39.7 Å². The van der Waals surface area contributed by atoms with Gasteiger partial charge in [-0.3, -0.25) is 9.48 Å². The van der Waals surface area contributed by atoms with Gasteiger partial charge in [0, 0.05) is 38.0 Å². The number of carbonyl (C=O) groups is 1. The van der Waals surface area contributed by atoms with Crippen molar-refractivity contribution in [3.05, 3.63) is 52.8 Å². The number of carbonyl (C=O) groups excluding carboxylic acids is 1. The Balaban J connectivity index is 2.12. The molecule has 2 aromatic rings. The van der Waals surface area contributed by atoms with Gasteiger partial charge in [-0.1, -0.05) is 32.9 Å². The summed E-state index contributed by atoms with van der Waals surface area (Å²) < 4.78 is 1.78. The molecule has 0 bridgehead atoms. The number of amides is 1. The summed E-state index contributed by atoms with van der Waals surface area (Å²) in [7, 11) is 3.72. The van der Waals surface area contributed by atoms with Crippen LogP contribution >= 0.6 is 0 Å². The first-order valence-corrected chi connectivity index (χ1v) is 7.53. The molecule has 1 aromatic heterocycles. The molecule has 0 N–H and O–H groups in total. The predicted octanol–water partition coefficient (Wildman–Crippen LogP) is 3.30. The lowest BCUT2D eigenvalue weighted by atomic mass is 9.86. The van der Waals surface area contributed by atoms with Crippen LogP contribution in [-0.4, -0.2) is 27.6 Å². The zero-order chi connectivity index (χ0) is 16.5. The van der Waals surface area contributed by atoms with E-state index in [0.29, 0.717) is 6.54 Å². The molecule has 0 atom stereocenters. The van der Waals surface area contributed by atoms with Crippen LogP contribution in [0.1, 0.15) is 48.0 Å². The van der Waals surface area contributed by atoms with Gasteiger partial charge in [0.2, 0.25) is 0 Å². The number of nitrogens with zero attached hydrogens (tertiary/aromatic N) is 3. The first-order valence-electron chi connectivity index (χ1n) is 7.53. The molecule has 2 rings (SSSR count). The van der Waals surface area contributed by atoms with Crippen molar-refractivity contribution in [2.75, 3.05) is 7.05 Å². The van der Waals surface area contributed by atoms with E-state index >= 15 is 0 Å². The van der Waals surface area contributed by atoms with E-state index < -0.39 is 0 Å². The molecule has 0 aliphatic carbocycles. The van der Waals surface area contributed by atoms with E-state index in [9.17, 15) is 4.79 Å². The van der Waals surface area contributed by atoms with Gasteiger partial charge < -0.3 is 4.90 Å². The van der Waals surface area contributed by atoms with Crippen LogP contribution in [-0.2, 0) is 19.0 Å². The quantitative estimate of drug-likeness (QED) is 0.872. The van der Waals surface area contributed by atoms with Crippen molar-refractivity contribution in [1.82, 2.24) is 14.7 Å². The lowest BCUT2D eigenvalue weighted by Crippen LogP contribution is -2.26. The second kappa shape index (κ2) is 5.95. The molecule has 0 saturated carbocycles. The van der Waals surface area contributed by atoms with Crippen molar-refractivity contribution in [2.24, 2.45) is 7.05 Å². The molecule has 0 aliphatic rings. The van der Waals surface area contributed by atoms with Crippen LogP contribution in [0.25, 0.3) is 0 Å². The summed E-state index contributed by atoms with van der Waals surface area (Å²) in [6, 6.07) is 7.90. The Labute approximate surface area is 132 Å². The maximum Gasteiger partial charge on any atom is 0.253 e. The fourth-order valence-corrected chi connectivity index (χ4v) is 2.46. The number of aryl methyl sites for hydroxylation is 2. The Hall–Kier alpha value is -2.10. The van der Waals surface area contributed by atoms with Gasteiger partial charge in [0.1, 0.15) is 0 Å². The van der Waals surface area contributed by atoms with Gasteiger partial charge in [0.25, 0.3) is 5.91 Å². The summed E-state index contributed by atoms with van der Waals surface area (Å²) in [5.74, 6) is 0.0312. The molecule has 0 spiro atoms. The van der Waals surface area contributed by atoms with Crippen LogP contribution in [0.15, 0.2) is 30.5 Å². The summed E-state index contributed by atoms with van der Waals surface area (Å²) in [5.41, 5.74) is 4.09. The lowest BCUT2D eigenvalue weighted by Gasteiger charge is -2.20. The van der Waals surface area contributed by atoms with Crippen LogP contribution < -0.4 is 0 Å². The smallest absolute Gasteiger partial charge is 0.253 e. The maximum absolute atomic E-state index is 12.5. The zero-order valence-corrected chi connectivity index (χ0v) is 14.3. The molecule has 0 aliphatic heterocycles. The third kappa shape index (κ3) is 3.56. The van der Waals surface area contributed by atoms with Crippen LogP contribution in [0.4, 0.5) is 0 Å². The first kappa shape index (κ1) is 16.3. The first-order chi connectivity index (χ1) is 10.2. The standard InChI is InChI=1S/C18H25N3O/c1-13-15(12-21(6)19-13)11-20(5)17(22)14-7-9-16(10-8-14)18(2,3)4/h7-10,12H,11H2,1-6H3. The van der Waals surface area contributed by atoms with Gasteiger partial charge in [-0.25, -0.2) is 0 Å². The van der Waals surface area contributed by atoms with E-state index in [-0.39, 0.29) is 11.3 Å². The number of hydrogen-bond acceptors (Lipinski definition) is 2. The van der Waals surface area contributed by atoms with Crippen molar-refractivity contribution >= 4 is 5.91 Å². The van der Waals surface area contributed by atoms with Crippen LogP contribution in [0.5, 0.6) is 0 Å². The minimum absolute atomic E-state index is 0.0312. The van der Waals surface area contributed by atoms with Gasteiger partial charge in [-0.05, 0) is 30.0 Å². The van der Waals surface area contributed by atoms with Gasteiger partial charge >= 0.3 is 0 Å². The SMILES string of the molecule is Cc1nn(C)cc1CN(C)C(=O)c1ccc(C(C)(C)C)cc1. The number of aromatic nitrogens is 2. The second-order valence-electron chi connectivity index (χ2n) is 6.90. The summed E-state index contributed by atoms with van der Waals surface area (Å²) in [6.07, 6.45) is 1.96. The van der Waals surface area contributed by atoms with Crippen molar-refractivity contribution in [3.63, 3.8) is 0 Å². The monoisotopic (exact) mass is 299 g/mol. The molecule has 1 aromatic carbocycles. The predicted molar refractivity (Wildman–Crippen MR) is 88.9 cm³/mol. The lowest BCUT2D eigenvalue weighted by molar-refractivity contribution is 0.0785. The van der Waals surface area contributed by atoms with Gasteiger partial charge in [0.05, 0.1) is 5.69 Å². The topological polar surface area (TPSA) is 38.1 Å². The van der Waals surface area contributed by atoms with E-state index in [0.717, 1.165) is 16.8 Å². The molecule has 4 nitrogen and oxygen atoms in total. The van der Waals surface area contributed by atoms with Crippen molar-refractivity contribution in [3.8, 4) is 0 Å². The van der Waals surface area contributed by atoms with E-state index in [2.05, 4.69) is 25.9 Å². The Bertz CT molecular complexity index is 663. The Kier molecular flexibility index (Phi) is 4.40. The molecule has 1 amide bonds. The van der Waals surface area contributed by atoms with E-state index in [1.54, 1.807) is 9.58 Å². The highest BCUT2D eigenvalue weighted by Gasteiger charge is 2.17. The third-order valence-corrected chi connectivity index (χ3v) is 3.87. The molecule has 22 heavy (non-hydrogen) atoms. The fourth-order valence-electron chi connectivity index (χ4n) is 2.46. The molecule has 0 radical (unpaired) electrons. The van der Waals surface area contributed by atoms with Crippen LogP contribution in [0.2, 0.25) is 0 Å². The molecule has 0 saturated heterocycles. The molecular weight excluding hydrogens is 274 g/mol. The van der Waals surface area contributed by atoms with Gasteiger partial charge in [-0.2, -0.15) is 5.10 Å². The molecular formula is C18H25N3O. The van der Waals surface area contributed by atoms with Crippen LogP contribution in [0.3, 0.4) is 0 Å². The summed E-state index contributed by atoms with van der Waals surface area (Å²) in [4.78, 5) is 14.3. The highest BCUT2D eigenvalue weighted by Crippen LogP contribution is 2.22. The molecule has 0 fully saturated rings. The Morgan fingerprint density at radius 1 is 1.23 bits per heavy atom. The van der Waals surface area contributed by atoms with Crippen molar-refractivity contribution in [1.29, 1.82) is 0 Å². The maximum atomic E-state index is 12.5. The number of rotatable bonds is 3. The molecule has 0 unspecified atom stereocenters. The normalized spacial score (nSPS) is 11.5. The largest absolute Gasteiger partial charge is 0.337 e. The average molecular weight is 299 g/mol. The minimum atomic E-state index is 0.0312. The van der Waals surface area contributed by atoms with Gasteiger partial charge in [-0.15, -0.1) is 0 Å². The zero-order valence-electron chi connectivity index (χ0n) is 14.3. The Morgan fingerprint density at radius 3 is 2.27 bits per heavy atom. The summed E-state index contributed by atoms with van der Waals surface area (Å²) >= 11 is 0. The van der Waals surface area contributed by atoms with E-state index in [1.807, 2.05) is 51.5 Å². The number of benzene rings is 1. The number of hydrogen-bond donors (Lipinski definition) is 0. The second-order valence-corrected chi connectivity index (χ2v) is 6.90. The highest BCUT2D eigenvalue weighted by atomic mass is 16.2. The molecule has 4 heteroatoms. The summed E-state index contributed by atoms with van der Waals surface area (Å²) in [6.45, 7) is 9.04. The average Bonchev–Trinajstić information content (AvgIpc) is 2.75. The van der Waals surface area contributed by atoms with Crippen molar-refractivity contribution < 1.29 is 4.79 Å².